The first-order valence-corrected chi connectivity index (χ1v) is 26.7. The molecule has 0 spiro atoms. The van der Waals surface area contributed by atoms with E-state index >= 15 is 0 Å². The molecule has 0 fully saturated rings. The minimum atomic E-state index is -0.812. The largest absolute Gasteiger partial charge is 0.493 e. The molecule has 5 aromatic rings. The van der Waals surface area contributed by atoms with Crippen LogP contribution in [-0.2, 0) is 58.3 Å². The lowest BCUT2D eigenvalue weighted by atomic mass is 9.93. The van der Waals surface area contributed by atoms with Crippen LogP contribution >= 0.6 is 0 Å². The average molecular weight is 1040 g/mol. The SMILES string of the molecule is CC=NCC(=O)CCCCC(=O)N[C@@H](C)C(=O)C[C@@H](C)C(=O)Nc1cc(COc2cc3c(cc2C)C(=O)N2Cc4ccccc4C[C@H]2CN3C)cc(COc2cc3c(cc2OC)C(=O)N2Cc4ccccc4C[C@H]2CN3)c1. The summed E-state index contributed by atoms with van der Waals surface area (Å²) >= 11 is 0. The molecule has 16 heteroatoms. The molecular formula is C61H69N7O9. The summed E-state index contributed by atoms with van der Waals surface area (Å²) in [5.41, 5.74) is 10.0. The minimum absolute atomic E-state index is 0.00736. The van der Waals surface area contributed by atoms with Crippen molar-refractivity contribution in [3.63, 3.8) is 0 Å². The minimum Gasteiger partial charge on any atom is -0.493 e. The molecule has 16 nitrogen and oxygen atoms in total. The Bertz CT molecular complexity index is 3120. The monoisotopic (exact) mass is 1040 g/mol. The zero-order chi connectivity index (χ0) is 54.3. The highest BCUT2D eigenvalue weighted by atomic mass is 16.5. The average Bonchev–Trinajstić information content (AvgIpc) is 3.63. The molecule has 4 atom stereocenters. The van der Waals surface area contributed by atoms with E-state index in [9.17, 15) is 28.8 Å². The molecule has 4 aliphatic rings. The lowest BCUT2D eigenvalue weighted by Crippen LogP contribution is -2.47. The summed E-state index contributed by atoms with van der Waals surface area (Å²) in [5.74, 6) is -0.395. The van der Waals surface area contributed by atoms with Crippen LogP contribution in [0, 0.1) is 12.8 Å². The first-order valence-electron chi connectivity index (χ1n) is 26.7. The normalized spacial score (nSPS) is 17.2. The second-order valence-electron chi connectivity index (χ2n) is 20.9. The third kappa shape index (κ3) is 12.5. The number of anilines is 3. The Morgan fingerprint density at radius 2 is 1.39 bits per heavy atom. The molecule has 3 N–H and O–H groups in total. The molecule has 0 aliphatic carbocycles. The Morgan fingerprint density at radius 1 is 0.766 bits per heavy atom. The number of likely N-dealkylation sites (N-methyl/N-ethyl adjacent to an activating group) is 1. The first kappa shape index (κ1) is 53.8. The molecule has 4 aliphatic heterocycles. The van der Waals surface area contributed by atoms with Gasteiger partial charge in [-0.15, -0.1) is 0 Å². The van der Waals surface area contributed by atoms with Gasteiger partial charge in [0.25, 0.3) is 11.8 Å². The Kier molecular flexibility index (Phi) is 16.7. The number of nitrogens with one attached hydrogen (secondary N) is 3. The molecule has 0 aromatic heterocycles. The Balaban J connectivity index is 0.908. The van der Waals surface area contributed by atoms with Gasteiger partial charge in [0.05, 0.1) is 54.3 Å². The second-order valence-corrected chi connectivity index (χ2v) is 20.9. The quantitative estimate of drug-likeness (QED) is 0.0502. The van der Waals surface area contributed by atoms with E-state index in [0.29, 0.717) is 96.3 Å². The molecule has 9 rings (SSSR count). The van der Waals surface area contributed by atoms with Gasteiger partial charge in [-0.2, -0.15) is 0 Å². The van der Waals surface area contributed by atoms with E-state index in [1.54, 1.807) is 45.2 Å². The van der Waals surface area contributed by atoms with Crippen LogP contribution in [0.4, 0.5) is 17.1 Å². The van der Waals surface area contributed by atoms with E-state index < -0.39 is 17.9 Å². The van der Waals surface area contributed by atoms with E-state index in [4.69, 9.17) is 14.2 Å². The summed E-state index contributed by atoms with van der Waals surface area (Å²) in [5, 5.41) is 9.27. The van der Waals surface area contributed by atoms with E-state index in [0.717, 1.165) is 29.7 Å². The molecular weight excluding hydrogens is 975 g/mol. The second kappa shape index (κ2) is 23.9. The zero-order valence-corrected chi connectivity index (χ0v) is 44.9. The third-order valence-electron chi connectivity index (χ3n) is 15.2. The fourth-order valence-electron chi connectivity index (χ4n) is 10.9. The van der Waals surface area contributed by atoms with Crippen molar-refractivity contribution in [1.29, 1.82) is 0 Å². The van der Waals surface area contributed by atoms with Crippen molar-refractivity contribution >= 4 is 58.5 Å². The summed E-state index contributed by atoms with van der Waals surface area (Å²) in [7, 11) is 3.55. The van der Waals surface area contributed by atoms with Crippen molar-refractivity contribution < 1.29 is 43.0 Å². The van der Waals surface area contributed by atoms with Crippen molar-refractivity contribution in [1.82, 2.24) is 15.1 Å². The smallest absolute Gasteiger partial charge is 0.256 e. The van der Waals surface area contributed by atoms with Crippen LogP contribution in [0.3, 0.4) is 0 Å². The molecule has 4 amide bonds. The van der Waals surface area contributed by atoms with Crippen LogP contribution in [0.1, 0.15) is 113 Å². The van der Waals surface area contributed by atoms with Gasteiger partial charge >= 0.3 is 0 Å². The fourth-order valence-corrected chi connectivity index (χ4v) is 10.9. The number of ether oxygens (including phenoxy) is 3. The standard InChI is InChI=1S/C61H69N7O9/c1-7-62-31-49(69)18-12-13-19-58(71)64-39(4)54(70)21-38(3)59(72)65-46-23-40(35-76-55-29-53-51(20-37(55)2)61(74)68-33-45-17-11-9-15-43(45)26-48(68)34-66(53)5)22-41(24-46)36-77-57-28-52-50(27-56(57)75-6)60(73)67-32-44-16-10-8-14-42(44)25-47(67)30-63-52/h7-11,14-17,20,22-24,27-29,38-39,47-48,63H,12-13,18-19,21,25-26,30-36H2,1-6H3,(H,64,71)(H,65,72)/t38-,39+,47+,48+/m1/s1. The molecule has 0 unspecified atom stereocenters. The predicted octanol–water partition coefficient (Wildman–Crippen LogP) is 8.43. The van der Waals surface area contributed by atoms with Crippen LogP contribution < -0.4 is 35.1 Å². The maximum Gasteiger partial charge on any atom is 0.256 e. The molecule has 0 radical (unpaired) electrons. The number of rotatable bonds is 20. The molecule has 0 saturated heterocycles. The molecule has 4 heterocycles. The van der Waals surface area contributed by atoms with E-state index in [1.165, 1.54) is 23.8 Å². The van der Waals surface area contributed by atoms with Gasteiger partial charge in [0.15, 0.2) is 23.1 Å². The van der Waals surface area contributed by atoms with Crippen molar-refractivity contribution in [2.75, 3.05) is 49.3 Å². The van der Waals surface area contributed by atoms with Crippen LogP contribution in [-0.4, -0.2) is 103 Å². The van der Waals surface area contributed by atoms with Crippen LogP contribution in [0.25, 0.3) is 0 Å². The fraction of sp³-hybridized carbons (Fsp3) is 0.393. The summed E-state index contributed by atoms with van der Waals surface area (Å²) in [6.45, 7) is 9.54. The molecule has 0 bridgehead atoms. The van der Waals surface area contributed by atoms with Gasteiger partial charge in [0.1, 0.15) is 19.0 Å². The third-order valence-corrected chi connectivity index (χ3v) is 15.2. The highest BCUT2D eigenvalue weighted by Gasteiger charge is 2.37. The maximum absolute atomic E-state index is 14.2. The summed E-state index contributed by atoms with van der Waals surface area (Å²) in [6, 6.07) is 28.6. The zero-order valence-electron chi connectivity index (χ0n) is 44.9. The van der Waals surface area contributed by atoms with Crippen molar-refractivity contribution in [2.45, 2.75) is 117 Å². The number of unbranched alkanes of at least 4 members (excludes halogenated alkanes) is 1. The molecule has 5 aromatic carbocycles. The number of hydrogen-bond donors (Lipinski definition) is 3. The van der Waals surface area contributed by atoms with Crippen molar-refractivity contribution in [3.8, 4) is 17.2 Å². The number of carbonyl (C=O) groups is 6. The lowest BCUT2D eigenvalue weighted by Gasteiger charge is -2.36. The number of nitrogens with zero attached hydrogens (tertiary/aromatic N) is 4. The number of hydrogen-bond acceptors (Lipinski definition) is 12. The lowest BCUT2D eigenvalue weighted by molar-refractivity contribution is -0.129. The molecule has 77 heavy (non-hydrogen) atoms. The predicted molar refractivity (Wildman–Crippen MR) is 296 cm³/mol. The van der Waals surface area contributed by atoms with Gasteiger partial charge < -0.3 is 44.9 Å². The van der Waals surface area contributed by atoms with Crippen molar-refractivity contribution in [2.24, 2.45) is 10.9 Å². The van der Waals surface area contributed by atoms with E-state index in [1.807, 2.05) is 72.3 Å². The topological polar surface area (TPSA) is 188 Å². The van der Waals surface area contributed by atoms with Crippen LogP contribution in [0.5, 0.6) is 17.2 Å². The molecule has 402 valence electrons. The first-order chi connectivity index (χ1) is 37.2. The summed E-state index contributed by atoms with van der Waals surface area (Å²) in [6.07, 6.45) is 4.55. The van der Waals surface area contributed by atoms with Gasteiger partial charge in [-0.3, -0.25) is 33.8 Å². The number of ketones is 2. The number of aliphatic imine (C=N–C) groups is 1. The molecule has 0 saturated carbocycles. The number of carbonyl (C=O) groups excluding carboxylic acids is 6. The van der Waals surface area contributed by atoms with Crippen LogP contribution in [0.2, 0.25) is 0 Å². The van der Waals surface area contributed by atoms with Gasteiger partial charge in [0.2, 0.25) is 11.8 Å². The van der Waals surface area contributed by atoms with E-state index in [2.05, 4.69) is 50.1 Å². The number of aryl methyl sites for hydroxylation is 1. The Hall–Kier alpha value is -8.01. The number of benzene rings is 5. The Labute approximate surface area is 450 Å². The highest BCUT2D eigenvalue weighted by Crippen LogP contribution is 2.39. The number of fused-ring (bicyclic) bond motifs is 6. The summed E-state index contributed by atoms with van der Waals surface area (Å²) < 4.78 is 18.9. The van der Waals surface area contributed by atoms with E-state index in [-0.39, 0.29) is 74.0 Å². The van der Waals surface area contributed by atoms with Gasteiger partial charge in [-0.1, -0.05) is 55.5 Å². The van der Waals surface area contributed by atoms with Gasteiger partial charge in [-0.05, 0) is 122 Å². The summed E-state index contributed by atoms with van der Waals surface area (Å²) in [4.78, 5) is 90.2. The number of Topliss-reactive ketones (excluding diaryl/α,β-unsaturated/α-hetero) is 2. The van der Waals surface area contributed by atoms with Crippen molar-refractivity contribution in [3.05, 3.63) is 141 Å². The number of amides is 4. The Morgan fingerprint density at radius 3 is 2.06 bits per heavy atom. The van der Waals surface area contributed by atoms with Gasteiger partial charge in [0, 0.05) is 76.2 Å². The van der Waals surface area contributed by atoms with Crippen LogP contribution in [0.15, 0.2) is 96.0 Å². The highest BCUT2D eigenvalue weighted by molar-refractivity contribution is 6.02. The number of methoxy groups -OCH3 is 1. The maximum atomic E-state index is 14.2. The van der Waals surface area contributed by atoms with Gasteiger partial charge in [-0.25, -0.2) is 0 Å².